The van der Waals surface area contributed by atoms with Gasteiger partial charge >= 0.3 is 0 Å². The van der Waals surface area contributed by atoms with Gasteiger partial charge in [-0.05, 0) is 29.2 Å². The highest BCUT2D eigenvalue weighted by atomic mass is 16.5. The standard InChI is InChI=1S/C23H27N3O4/c1-15(2)16-6-8-17(9-7-16)22(30-5)23(27)25-21-12-13-24-26(21)18-10-11-19(28-3)20(14-18)29-4/h6-15,22H,1-5H3,(H,25,27). The lowest BCUT2D eigenvalue weighted by Crippen LogP contribution is -2.24. The number of methoxy groups -OCH3 is 3. The molecule has 0 spiro atoms. The van der Waals surface area contributed by atoms with Gasteiger partial charge in [0.15, 0.2) is 17.6 Å². The van der Waals surface area contributed by atoms with Crippen molar-refractivity contribution in [2.45, 2.75) is 25.9 Å². The third-order valence-electron chi connectivity index (χ3n) is 4.89. The maximum Gasteiger partial charge on any atom is 0.259 e. The molecule has 1 unspecified atom stereocenters. The summed E-state index contributed by atoms with van der Waals surface area (Å²) >= 11 is 0. The Labute approximate surface area is 176 Å². The van der Waals surface area contributed by atoms with Crippen LogP contribution in [0.1, 0.15) is 37.0 Å². The summed E-state index contributed by atoms with van der Waals surface area (Å²) in [5.74, 6) is 1.85. The van der Waals surface area contributed by atoms with Crippen molar-refractivity contribution in [3.63, 3.8) is 0 Å². The maximum atomic E-state index is 12.9. The van der Waals surface area contributed by atoms with Gasteiger partial charge in [-0.1, -0.05) is 38.1 Å². The largest absolute Gasteiger partial charge is 0.493 e. The molecule has 0 aliphatic heterocycles. The summed E-state index contributed by atoms with van der Waals surface area (Å²) in [6.45, 7) is 4.26. The molecule has 0 saturated heterocycles. The van der Waals surface area contributed by atoms with Crippen molar-refractivity contribution in [3.05, 3.63) is 65.9 Å². The molecular weight excluding hydrogens is 382 g/mol. The molecule has 1 heterocycles. The lowest BCUT2D eigenvalue weighted by Gasteiger charge is -2.17. The Morgan fingerprint density at radius 2 is 1.60 bits per heavy atom. The van der Waals surface area contributed by atoms with Crippen molar-refractivity contribution in [3.8, 4) is 17.2 Å². The van der Waals surface area contributed by atoms with E-state index in [9.17, 15) is 4.79 Å². The van der Waals surface area contributed by atoms with E-state index in [1.54, 1.807) is 43.3 Å². The van der Waals surface area contributed by atoms with Crippen LogP contribution in [0.4, 0.5) is 5.82 Å². The molecule has 1 amide bonds. The Morgan fingerprint density at radius 1 is 0.933 bits per heavy atom. The van der Waals surface area contributed by atoms with Gasteiger partial charge in [0.1, 0.15) is 5.82 Å². The number of hydrogen-bond acceptors (Lipinski definition) is 5. The Balaban J connectivity index is 1.83. The van der Waals surface area contributed by atoms with E-state index in [4.69, 9.17) is 14.2 Å². The molecule has 3 aromatic rings. The first kappa shape index (κ1) is 21.4. The highest BCUT2D eigenvalue weighted by Crippen LogP contribution is 2.30. The molecule has 158 valence electrons. The zero-order chi connectivity index (χ0) is 21.7. The Kier molecular flexibility index (Phi) is 6.74. The smallest absolute Gasteiger partial charge is 0.259 e. The van der Waals surface area contributed by atoms with E-state index in [0.29, 0.717) is 23.2 Å². The van der Waals surface area contributed by atoms with Crippen LogP contribution in [0.3, 0.4) is 0 Å². The SMILES string of the molecule is COc1ccc(-n2nccc2NC(=O)C(OC)c2ccc(C(C)C)cc2)cc1OC. The summed E-state index contributed by atoms with van der Waals surface area (Å²) in [5, 5.41) is 7.23. The summed E-state index contributed by atoms with van der Waals surface area (Å²) in [4.78, 5) is 12.9. The number of hydrogen-bond donors (Lipinski definition) is 1. The number of rotatable bonds is 8. The lowest BCUT2D eigenvalue weighted by atomic mass is 10.00. The molecule has 1 aromatic heterocycles. The predicted octanol–water partition coefficient (Wildman–Crippen LogP) is 4.34. The highest BCUT2D eigenvalue weighted by Gasteiger charge is 2.22. The zero-order valence-corrected chi connectivity index (χ0v) is 17.9. The van der Waals surface area contributed by atoms with Gasteiger partial charge in [0.2, 0.25) is 0 Å². The average molecular weight is 409 g/mol. The Morgan fingerprint density at radius 3 is 2.20 bits per heavy atom. The summed E-state index contributed by atoms with van der Waals surface area (Å²) in [6.07, 6.45) is 0.880. The summed E-state index contributed by atoms with van der Waals surface area (Å²) in [5.41, 5.74) is 2.72. The molecule has 0 saturated carbocycles. The lowest BCUT2D eigenvalue weighted by molar-refractivity contribution is -0.126. The van der Waals surface area contributed by atoms with Crippen LogP contribution in [0.2, 0.25) is 0 Å². The predicted molar refractivity (Wildman–Crippen MR) is 116 cm³/mol. The Hall–Kier alpha value is -3.32. The minimum Gasteiger partial charge on any atom is -0.493 e. The normalized spacial score (nSPS) is 11.9. The first-order chi connectivity index (χ1) is 14.5. The fraction of sp³-hybridized carbons (Fsp3) is 0.304. The number of nitrogens with zero attached hydrogens (tertiary/aromatic N) is 2. The average Bonchev–Trinajstić information content (AvgIpc) is 3.22. The van der Waals surface area contributed by atoms with Crippen molar-refractivity contribution >= 4 is 11.7 Å². The quantitative estimate of drug-likeness (QED) is 0.599. The number of amides is 1. The third kappa shape index (κ3) is 4.46. The van der Waals surface area contributed by atoms with E-state index < -0.39 is 6.10 Å². The van der Waals surface area contributed by atoms with Crippen LogP contribution < -0.4 is 14.8 Å². The van der Waals surface area contributed by atoms with E-state index in [1.165, 1.54) is 12.7 Å². The summed E-state index contributed by atoms with van der Waals surface area (Å²) in [7, 11) is 4.67. The summed E-state index contributed by atoms with van der Waals surface area (Å²) < 4.78 is 17.7. The first-order valence-corrected chi connectivity index (χ1v) is 9.68. The second-order valence-corrected chi connectivity index (χ2v) is 7.09. The van der Waals surface area contributed by atoms with Gasteiger partial charge < -0.3 is 19.5 Å². The van der Waals surface area contributed by atoms with Crippen LogP contribution in [0.5, 0.6) is 11.5 Å². The molecular formula is C23H27N3O4. The molecule has 7 heteroatoms. The van der Waals surface area contributed by atoms with Crippen molar-refractivity contribution in [2.75, 3.05) is 26.6 Å². The van der Waals surface area contributed by atoms with E-state index >= 15 is 0 Å². The fourth-order valence-corrected chi connectivity index (χ4v) is 3.20. The van der Waals surface area contributed by atoms with Crippen molar-refractivity contribution in [1.82, 2.24) is 9.78 Å². The maximum absolute atomic E-state index is 12.9. The summed E-state index contributed by atoms with van der Waals surface area (Å²) in [6, 6.07) is 15.0. The van der Waals surface area contributed by atoms with Crippen LogP contribution in [-0.2, 0) is 9.53 Å². The minimum absolute atomic E-state index is 0.281. The third-order valence-corrected chi connectivity index (χ3v) is 4.89. The van der Waals surface area contributed by atoms with Gasteiger partial charge in [-0.2, -0.15) is 5.10 Å². The number of carbonyl (C=O) groups is 1. The van der Waals surface area contributed by atoms with Crippen LogP contribution in [0.15, 0.2) is 54.7 Å². The first-order valence-electron chi connectivity index (χ1n) is 9.68. The highest BCUT2D eigenvalue weighted by molar-refractivity contribution is 5.94. The molecule has 2 aromatic carbocycles. The number of ether oxygens (including phenoxy) is 3. The van der Waals surface area contributed by atoms with Crippen LogP contribution in [-0.4, -0.2) is 37.0 Å². The number of aromatic nitrogens is 2. The number of benzene rings is 2. The molecule has 0 fully saturated rings. The Bertz CT molecular complexity index is 996. The molecule has 0 radical (unpaired) electrons. The van der Waals surface area contributed by atoms with Crippen LogP contribution in [0, 0.1) is 0 Å². The van der Waals surface area contributed by atoms with Crippen molar-refractivity contribution in [2.24, 2.45) is 0 Å². The molecule has 1 atom stereocenters. The second kappa shape index (κ2) is 9.45. The topological polar surface area (TPSA) is 74.6 Å². The van der Waals surface area contributed by atoms with Gasteiger partial charge in [0.25, 0.3) is 5.91 Å². The van der Waals surface area contributed by atoms with Crippen LogP contribution >= 0.6 is 0 Å². The zero-order valence-electron chi connectivity index (χ0n) is 17.9. The van der Waals surface area contributed by atoms with Gasteiger partial charge in [-0.25, -0.2) is 4.68 Å². The van der Waals surface area contributed by atoms with E-state index in [1.807, 2.05) is 30.3 Å². The second-order valence-electron chi connectivity index (χ2n) is 7.09. The molecule has 0 bridgehead atoms. The van der Waals surface area contributed by atoms with Gasteiger partial charge in [-0.3, -0.25) is 4.79 Å². The number of carbonyl (C=O) groups excluding carboxylic acids is 1. The molecule has 30 heavy (non-hydrogen) atoms. The van der Waals surface area contributed by atoms with Gasteiger partial charge in [0.05, 0.1) is 26.1 Å². The van der Waals surface area contributed by atoms with Gasteiger partial charge in [0, 0.05) is 19.2 Å². The van der Waals surface area contributed by atoms with Gasteiger partial charge in [-0.15, -0.1) is 0 Å². The van der Waals surface area contributed by atoms with E-state index in [-0.39, 0.29) is 5.91 Å². The minimum atomic E-state index is -0.736. The number of nitrogens with one attached hydrogen (secondary N) is 1. The molecule has 0 aliphatic rings. The molecule has 0 aliphatic carbocycles. The molecule has 7 nitrogen and oxygen atoms in total. The number of anilines is 1. The van der Waals surface area contributed by atoms with E-state index in [2.05, 4.69) is 24.3 Å². The monoisotopic (exact) mass is 409 g/mol. The van der Waals surface area contributed by atoms with Crippen molar-refractivity contribution < 1.29 is 19.0 Å². The van der Waals surface area contributed by atoms with Crippen molar-refractivity contribution in [1.29, 1.82) is 0 Å². The van der Waals surface area contributed by atoms with Crippen LogP contribution in [0.25, 0.3) is 5.69 Å². The fourth-order valence-electron chi connectivity index (χ4n) is 3.20. The molecule has 1 N–H and O–H groups in total. The van der Waals surface area contributed by atoms with E-state index in [0.717, 1.165) is 11.3 Å². The molecule has 3 rings (SSSR count).